The molecule has 1 heterocycles. The van der Waals surface area contributed by atoms with Gasteiger partial charge in [0.25, 0.3) is 0 Å². The number of hydrogen-bond donors (Lipinski definition) is 0. The van der Waals surface area contributed by atoms with Crippen LogP contribution in [-0.2, 0) is 6.54 Å². The van der Waals surface area contributed by atoms with E-state index < -0.39 is 0 Å². The topological polar surface area (TPSA) is 27.1 Å². The summed E-state index contributed by atoms with van der Waals surface area (Å²) in [4.78, 5) is 4.67. The molecule has 0 N–H and O–H groups in total. The van der Waals surface area contributed by atoms with E-state index in [9.17, 15) is 4.39 Å². The van der Waals surface area contributed by atoms with E-state index in [0.717, 1.165) is 23.2 Å². The molecule has 0 unspecified atom stereocenters. The summed E-state index contributed by atoms with van der Waals surface area (Å²) in [5.74, 6) is 1.27. The number of ether oxygens (including phenoxy) is 1. The summed E-state index contributed by atoms with van der Waals surface area (Å²) in [7, 11) is 0. The van der Waals surface area contributed by atoms with E-state index >= 15 is 0 Å². The maximum Gasteiger partial charge on any atom is 0.144 e. The standard InChI is InChI=1S/C23H21FN2O/c1-17-8-6-9-18(16-17)27-15-7-14-26-22-13-5-4-12-21(22)25-23(26)19-10-2-3-11-20(19)24/h2-6,8-13,16H,7,14-15H2,1H3. The second kappa shape index (κ2) is 7.62. The van der Waals surface area contributed by atoms with Crippen molar-refractivity contribution in [3.05, 3.63) is 84.2 Å². The van der Waals surface area contributed by atoms with Gasteiger partial charge in [0, 0.05) is 6.54 Å². The van der Waals surface area contributed by atoms with Gasteiger partial charge in [0.05, 0.1) is 23.2 Å². The molecular formula is C23H21FN2O. The van der Waals surface area contributed by atoms with Crippen molar-refractivity contribution in [1.82, 2.24) is 9.55 Å². The molecular weight excluding hydrogens is 339 g/mol. The SMILES string of the molecule is Cc1cccc(OCCCn2c(-c3ccccc3F)nc3ccccc32)c1. The van der Waals surface area contributed by atoms with Crippen molar-refractivity contribution in [2.24, 2.45) is 0 Å². The molecule has 0 atom stereocenters. The fourth-order valence-corrected chi connectivity index (χ4v) is 3.27. The van der Waals surface area contributed by atoms with E-state index in [-0.39, 0.29) is 5.82 Å². The van der Waals surface area contributed by atoms with Crippen molar-refractivity contribution in [1.29, 1.82) is 0 Å². The molecule has 0 fully saturated rings. The summed E-state index contributed by atoms with van der Waals surface area (Å²) < 4.78 is 22.3. The molecule has 0 radical (unpaired) electrons. The Morgan fingerprint density at radius 2 is 1.78 bits per heavy atom. The first-order valence-electron chi connectivity index (χ1n) is 9.12. The van der Waals surface area contributed by atoms with Gasteiger partial charge in [-0.15, -0.1) is 0 Å². The lowest BCUT2D eigenvalue weighted by Crippen LogP contribution is -2.06. The first-order valence-corrected chi connectivity index (χ1v) is 9.12. The van der Waals surface area contributed by atoms with Crippen LogP contribution in [0.1, 0.15) is 12.0 Å². The minimum atomic E-state index is -0.259. The van der Waals surface area contributed by atoms with E-state index in [1.54, 1.807) is 12.1 Å². The van der Waals surface area contributed by atoms with Crippen LogP contribution < -0.4 is 4.74 Å². The number of imidazole rings is 1. The molecule has 0 aliphatic heterocycles. The Labute approximate surface area is 158 Å². The molecule has 4 heteroatoms. The monoisotopic (exact) mass is 360 g/mol. The summed E-state index contributed by atoms with van der Waals surface area (Å²) in [6.45, 7) is 3.34. The van der Waals surface area contributed by atoms with Crippen LogP contribution in [0.15, 0.2) is 72.8 Å². The first-order chi connectivity index (χ1) is 13.2. The van der Waals surface area contributed by atoms with Crippen molar-refractivity contribution in [3.63, 3.8) is 0 Å². The second-order valence-corrected chi connectivity index (χ2v) is 6.57. The van der Waals surface area contributed by atoms with Crippen LogP contribution in [0.5, 0.6) is 5.75 Å². The zero-order valence-electron chi connectivity index (χ0n) is 15.2. The molecule has 3 aromatic carbocycles. The molecule has 0 saturated carbocycles. The molecule has 0 saturated heterocycles. The van der Waals surface area contributed by atoms with Crippen molar-refractivity contribution < 1.29 is 9.13 Å². The molecule has 27 heavy (non-hydrogen) atoms. The minimum Gasteiger partial charge on any atom is -0.494 e. The third-order valence-corrected chi connectivity index (χ3v) is 4.55. The first kappa shape index (κ1) is 17.3. The predicted molar refractivity (Wildman–Crippen MR) is 106 cm³/mol. The highest BCUT2D eigenvalue weighted by molar-refractivity contribution is 5.80. The van der Waals surface area contributed by atoms with Gasteiger partial charge in [-0.3, -0.25) is 0 Å². The highest BCUT2D eigenvalue weighted by Gasteiger charge is 2.15. The molecule has 136 valence electrons. The number of hydrogen-bond acceptors (Lipinski definition) is 2. The van der Waals surface area contributed by atoms with E-state index in [1.807, 2.05) is 61.5 Å². The lowest BCUT2D eigenvalue weighted by molar-refractivity contribution is 0.302. The highest BCUT2D eigenvalue weighted by Crippen LogP contribution is 2.27. The van der Waals surface area contributed by atoms with Gasteiger partial charge in [-0.2, -0.15) is 0 Å². The van der Waals surface area contributed by atoms with Gasteiger partial charge in [-0.1, -0.05) is 36.4 Å². The summed E-state index contributed by atoms with van der Waals surface area (Å²) in [6.07, 6.45) is 0.801. The normalized spacial score (nSPS) is 11.0. The Bertz CT molecular complexity index is 1070. The van der Waals surface area contributed by atoms with Crippen LogP contribution in [0.3, 0.4) is 0 Å². The molecule has 0 spiro atoms. The number of para-hydroxylation sites is 2. The van der Waals surface area contributed by atoms with Gasteiger partial charge in [-0.05, 0) is 55.3 Å². The molecule has 0 aliphatic carbocycles. The van der Waals surface area contributed by atoms with Crippen molar-refractivity contribution >= 4 is 11.0 Å². The largest absolute Gasteiger partial charge is 0.494 e. The Morgan fingerprint density at radius 1 is 0.963 bits per heavy atom. The molecule has 4 rings (SSSR count). The zero-order valence-corrected chi connectivity index (χ0v) is 15.2. The summed E-state index contributed by atoms with van der Waals surface area (Å²) in [6, 6.07) is 22.7. The average Bonchev–Trinajstić information content (AvgIpc) is 3.04. The van der Waals surface area contributed by atoms with Crippen LogP contribution >= 0.6 is 0 Å². The number of fused-ring (bicyclic) bond motifs is 1. The Hall–Kier alpha value is -3.14. The Balaban J connectivity index is 1.57. The van der Waals surface area contributed by atoms with Gasteiger partial charge >= 0.3 is 0 Å². The number of halogens is 1. The summed E-state index contributed by atoms with van der Waals surface area (Å²) in [5, 5.41) is 0. The van der Waals surface area contributed by atoms with Gasteiger partial charge in [0.1, 0.15) is 17.4 Å². The fourth-order valence-electron chi connectivity index (χ4n) is 3.27. The Kier molecular flexibility index (Phi) is 4.88. The van der Waals surface area contributed by atoms with Crippen LogP contribution in [-0.4, -0.2) is 16.2 Å². The predicted octanol–water partition coefficient (Wildman–Crippen LogP) is 5.62. The van der Waals surface area contributed by atoms with Crippen molar-refractivity contribution in [2.75, 3.05) is 6.61 Å². The smallest absolute Gasteiger partial charge is 0.144 e. The van der Waals surface area contributed by atoms with E-state index in [2.05, 4.69) is 9.55 Å². The lowest BCUT2D eigenvalue weighted by Gasteiger charge is -2.11. The average molecular weight is 360 g/mol. The number of benzene rings is 3. The summed E-state index contributed by atoms with van der Waals surface area (Å²) in [5.41, 5.74) is 3.57. The van der Waals surface area contributed by atoms with Gasteiger partial charge in [0.2, 0.25) is 0 Å². The maximum atomic E-state index is 14.4. The number of aromatic nitrogens is 2. The van der Waals surface area contributed by atoms with E-state index in [1.165, 1.54) is 11.6 Å². The maximum absolute atomic E-state index is 14.4. The molecule has 0 amide bonds. The fraction of sp³-hybridized carbons (Fsp3) is 0.174. The van der Waals surface area contributed by atoms with Crippen LogP contribution in [0, 0.1) is 12.7 Å². The van der Waals surface area contributed by atoms with Crippen LogP contribution in [0.4, 0.5) is 4.39 Å². The minimum absolute atomic E-state index is 0.259. The number of nitrogens with zero attached hydrogens (tertiary/aromatic N) is 2. The lowest BCUT2D eigenvalue weighted by atomic mass is 10.2. The van der Waals surface area contributed by atoms with Gasteiger partial charge in [0.15, 0.2) is 0 Å². The third kappa shape index (κ3) is 3.70. The second-order valence-electron chi connectivity index (χ2n) is 6.57. The quantitative estimate of drug-likeness (QED) is 0.417. The Morgan fingerprint density at radius 3 is 2.63 bits per heavy atom. The molecule has 4 aromatic rings. The molecule has 3 nitrogen and oxygen atoms in total. The third-order valence-electron chi connectivity index (χ3n) is 4.55. The zero-order chi connectivity index (χ0) is 18.6. The molecule has 0 aliphatic rings. The van der Waals surface area contributed by atoms with Gasteiger partial charge < -0.3 is 9.30 Å². The molecule has 1 aromatic heterocycles. The highest BCUT2D eigenvalue weighted by atomic mass is 19.1. The van der Waals surface area contributed by atoms with E-state index in [4.69, 9.17) is 4.74 Å². The van der Waals surface area contributed by atoms with Crippen LogP contribution in [0.2, 0.25) is 0 Å². The van der Waals surface area contributed by atoms with E-state index in [0.29, 0.717) is 24.5 Å². The number of rotatable bonds is 6. The van der Waals surface area contributed by atoms with Crippen molar-refractivity contribution in [3.8, 4) is 17.1 Å². The summed E-state index contributed by atoms with van der Waals surface area (Å²) >= 11 is 0. The number of aryl methyl sites for hydroxylation is 2. The van der Waals surface area contributed by atoms with Crippen LogP contribution in [0.25, 0.3) is 22.4 Å². The van der Waals surface area contributed by atoms with Crippen molar-refractivity contribution in [2.45, 2.75) is 19.9 Å². The molecule has 0 bridgehead atoms. The van der Waals surface area contributed by atoms with Gasteiger partial charge in [-0.25, -0.2) is 9.37 Å².